The Kier molecular flexibility index (Phi) is 4.55. The van der Waals surface area contributed by atoms with Crippen LogP contribution in [0.1, 0.15) is 31.1 Å². The van der Waals surface area contributed by atoms with E-state index in [0.29, 0.717) is 10.0 Å². The molecule has 0 fully saturated rings. The second-order valence-corrected chi connectivity index (χ2v) is 5.92. The molecule has 1 atom stereocenters. The Labute approximate surface area is 114 Å². The van der Waals surface area contributed by atoms with Crippen molar-refractivity contribution in [1.29, 1.82) is 0 Å². The zero-order valence-corrected chi connectivity index (χ0v) is 12.2. The van der Waals surface area contributed by atoms with Crippen molar-refractivity contribution in [3.8, 4) is 0 Å². The van der Waals surface area contributed by atoms with Crippen LogP contribution in [0, 0.1) is 5.82 Å². The second-order valence-electron chi connectivity index (χ2n) is 4.42. The van der Waals surface area contributed by atoms with Crippen molar-refractivity contribution in [2.75, 3.05) is 0 Å². The lowest BCUT2D eigenvalue weighted by atomic mass is 10.0. The normalized spacial score (nSPS) is 13.3. The number of hydrogen-bond acceptors (Lipinski definition) is 1. The molecule has 1 aromatic rings. The maximum Gasteiger partial charge on any atom is 0.252 e. The highest BCUT2D eigenvalue weighted by atomic mass is 79.9. The first-order valence-corrected chi connectivity index (χ1v) is 6.38. The van der Waals surface area contributed by atoms with Crippen LogP contribution in [0.4, 0.5) is 4.39 Å². The molecule has 0 aromatic heterocycles. The van der Waals surface area contributed by atoms with Gasteiger partial charge >= 0.3 is 0 Å². The van der Waals surface area contributed by atoms with Crippen molar-refractivity contribution in [1.82, 2.24) is 5.32 Å². The Hall–Kier alpha value is -0.610. The number of nitrogens with one attached hydrogen (secondary N) is 1. The summed E-state index contributed by atoms with van der Waals surface area (Å²) in [5.41, 5.74) is -0.149. The van der Waals surface area contributed by atoms with Crippen molar-refractivity contribution >= 4 is 33.4 Å². The van der Waals surface area contributed by atoms with E-state index in [-0.39, 0.29) is 11.3 Å². The first-order chi connectivity index (χ1) is 7.74. The average Bonchev–Trinajstić information content (AvgIpc) is 2.15. The highest BCUT2D eigenvalue weighted by Gasteiger charge is 2.27. The number of halogens is 3. The summed E-state index contributed by atoms with van der Waals surface area (Å²) in [4.78, 5) is 12.0. The number of amides is 1. The minimum absolute atomic E-state index is 0.217. The number of hydrogen-bond donors (Lipinski definition) is 1. The van der Waals surface area contributed by atoms with Gasteiger partial charge in [0, 0.05) is 4.47 Å². The molecule has 1 rings (SSSR count). The monoisotopic (exact) mass is 321 g/mol. The molecule has 0 aliphatic rings. The van der Waals surface area contributed by atoms with E-state index >= 15 is 0 Å². The Bertz CT molecular complexity index is 435. The molecule has 1 aromatic carbocycles. The molecule has 0 aliphatic heterocycles. The Morgan fingerprint density at radius 1 is 1.53 bits per heavy atom. The van der Waals surface area contributed by atoms with E-state index in [9.17, 15) is 9.18 Å². The SMILES string of the molecule is CC(Cl)C(C)(C)NC(=O)c1ccc(F)cc1Br. The van der Waals surface area contributed by atoms with Crippen molar-refractivity contribution in [2.45, 2.75) is 31.7 Å². The molecule has 2 nitrogen and oxygen atoms in total. The van der Waals surface area contributed by atoms with E-state index in [0.717, 1.165) is 0 Å². The quantitative estimate of drug-likeness (QED) is 0.844. The molecule has 0 saturated carbocycles. The minimum atomic E-state index is -0.535. The summed E-state index contributed by atoms with van der Waals surface area (Å²) in [6.45, 7) is 5.47. The molecule has 94 valence electrons. The molecule has 0 spiro atoms. The number of rotatable bonds is 3. The van der Waals surface area contributed by atoms with Gasteiger partial charge in [-0.05, 0) is 54.9 Å². The van der Waals surface area contributed by atoms with Gasteiger partial charge < -0.3 is 5.32 Å². The summed E-state index contributed by atoms with van der Waals surface area (Å²) in [5, 5.41) is 2.59. The van der Waals surface area contributed by atoms with E-state index < -0.39 is 11.4 Å². The highest BCUT2D eigenvalue weighted by Crippen LogP contribution is 2.20. The molecule has 0 bridgehead atoms. The van der Waals surface area contributed by atoms with Gasteiger partial charge in [0.25, 0.3) is 5.91 Å². The predicted octanol–water partition coefficient (Wildman–Crippen LogP) is 3.72. The van der Waals surface area contributed by atoms with E-state index in [4.69, 9.17) is 11.6 Å². The highest BCUT2D eigenvalue weighted by molar-refractivity contribution is 9.10. The summed E-state index contributed by atoms with van der Waals surface area (Å²) in [5.74, 6) is -0.673. The average molecular weight is 323 g/mol. The zero-order chi connectivity index (χ0) is 13.2. The van der Waals surface area contributed by atoms with Crippen LogP contribution in [-0.4, -0.2) is 16.8 Å². The first-order valence-electron chi connectivity index (χ1n) is 5.15. The predicted molar refractivity (Wildman–Crippen MR) is 71.0 cm³/mol. The lowest BCUT2D eigenvalue weighted by Gasteiger charge is -2.29. The molecule has 0 saturated heterocycles. The van der Waals surface area contributed by atoms with Crippen LogP contribution in [0.5, 0.6) is 0 Å². The van der Waals surface area contributed by atoms with Crippen LogP contribution in [-0.2, 0) is 0 Å². The number of alkyl halides is 1. The van der Waals surface area contributed by atoms with Crippen LogP contribution in [0.2, 0.25) is 0 Å². The number of benzene rings is 1. The van der Waals surface area contributed by atoms with Crippen LogP contribution >= 0.6 is 27.5 Å². The largest absolute Gasteiger partial charge is 0.346 e. The van der Waals surface area contributed by atoms with E-state index in [1.54, 1.807) is 0 Å². The third-order valence-corrected chi connectivity index (χ3v) is 3.81. The molecule has 1 unspecified atom stereocenters. The van der Waals surface area contributed by atoms with Crippen molar-refractivity contribution in [3.63, 3.8) is 0 Å². The Morgan fingerprint density at radius 3 is 2.59 bits per heavy atom. The summed E-state index contributed by atoms with van der Waals surface area (Å²) in [7, 11) is 0. The van der Waals surface area contributed by atoms with Crippen molar-refractivity contribution in [2.24, 2.45) is 0 Å². The maximum atomic E-state index is 12.9. The first kappa shape index (κ1) is 14.5. The zero-order valence-electron chi connectivity index (χ0n) is 9.85. The van der Waals surface area contributed by atoms with Gasteiger partial charge in [-0.3, -0.25) is 4.79 Å². The Balaban J connectivity index is 2.91. The van der Waals surface area contributed by atoms with Crippen molar-refractivity contribution < 1.29 is 9.18 Å². The molecule has 1 N–H and O–H groups in total. The fourth-order valence-corrected chi connectivity index (χ4v) is 1.72. The van der Waals surface area contributed by atoms with Crippen LogP contribution in [0.25, 0.3) is 0 Å². The van der Waals surface area contributed by atoms with Gasteiger partial charge in [-0.1, -0.05) is 0 Å². The molecular weight excluding hydrogens is 308 g/mol. The number of carbonyl (C=O) groups excluding carboxylic acids is 1. The van der Waals surface area contributed by atoms with Gasteiger partial charge in [-0.2, -0.15) is 0 Å². The second kappa shape index (κ2) is 5.36. The van der Waals surface area contributed by atoms with E-state index in [2.05, 4.69) is 21.2 Å². The molecule has 0 heterocycles. The minimum Gasteiger partial charge on any atom is -0.346 e. The van der Waals surface area contributed by atoms with Crippen LogP contribution < -0.4 is 5.32 Å². The van der Waals surface area contributed by atoms with Crippen LogP contribution in [0.15, 0.2) is 22.7 Å². The summed E-state index contributed by atoms with van der Waals surface area (Å²) >= 11 is 9.14. The lowest BCUT2D eigenvalue weighted by Crippen LogP contribution is -2.49. The summed E-state index contributed by atoms with van der Waals surface area (Å²) in [6, 6.07) is 3.94. The topological polar surface area (TPSA) is 29.1 Å². The third-order valence-electron chi connectivity index (χ3n) is 2.61. The molecule has 0 radical (unpaired) electrons. The van der Waals surface area contributed by atoms with Gasteiger partial charge in [-0.25, -0.2) is 4.39 Å². The van der Waals surface area contributed by atoms with Crippen molar-refractivity contribution in [3.05, 3.63) is 34.1 Å². The van der Waals surface area contributed by atoms with Gasteiger partial charge in [0.15, 0.2) is 0 Å². The van der Waals surface area contributed by atoms with E-state index in [1.807, 2.05) is 20.8 Å². The summed E-state index contributed by atoms with van der Waals surface area (Å²) < 4.78 is 13.3. The van der Waals surface area contributed by atoms with Gasteiger partial charge in [0.2, 0.25) is 0 Å². The molecule has 1 amide bonds. The maximum absolute atomic E-state index is 12.9. The van der Waals surface area contributed by atoms with E-state index in [1.165, 1.54) is 18.2 Å². The fourth-order valence-electron chi connectivity index (χ4n) is 1.13. The van der Waals surface area contributed by atoms with Crippen LogP contribution in [0.3, 0.4) is 0 Å². The van der Waals surface area contributed by atoms with Gasteiger partial charge in [0.05, 0.1) is 16.5 Å². The fraction of sp³-hybridized carbons (Fsp3) is 0.417. The Morgan fingerprint density at radius 2 is 2.12 bits per heavy atom. The standard InChI is InChI=1S/C12H14BrClFNO/c1-7(14)12(2,3)16-11(17)9-5-4-8(15)6-10(9)13/h4-7H,1-3H3,(H,16,17). The summed E-state index contributed by atoms with van der Waals surface area (Å²) in [6.07, 6.45) is 0. The molecule has 17 heavy (non-hydrogen) atoms. The van der Waals surface area contributed by atoms with Gasteiger partial charge in [-0.15, -0.1) is 11.6 Å². The molecule has 0 aliphatic carbocycles. The molecular formula is C12H14BrClFNO. The smallest absolute Gasteiger partial charge is 0.252 e. The number of carbonyl (C=O) groups is 1. The molecule has 5 heteroatoms. The third kappa shape index (κ3) is 3.68. The van der Waals surface area contributed by atoms with Gasteiger partial charge in [0.1, 0.15) is 5.82 Å². The lowest BCUT2D eigenvalue weighted by molar-refractivity contribution is 0.0911.